The summed E-state index contributed by atoms with van der Waals surface area (Å²) in [5.74, 6) is 0.676. The Balaban J connectivity index is 4.65. The van der Waals surface area contributed by atoms with Crippen molar-refractivity contribution >= 4 is 12.2 Å². The minimum Gasteiger partial charge on any atom is -0.449 e. The molecule has 6 heteroatoms. The Morgan fingerprint density at radius 1 is 0.833 bits per heavy atom. The predicted octanol–water partition coefficient (Wildman–Crippen LogP) is 1.72. The standard InChI is InChI=1S/C12H24N2O4/c1-7(2)9(5-17-11(13)15)10(8(3)4)6-18-12(14)16/h7-10H,5-6H2,1-4H3,(H2,13,15)(H2,14,16). The molecule has 0 rings (SSSR count). The number of hydrogen-bond donors (Lipinski definition) is 2. The minimum absolute atomic E-state index is 0.0665. The maximum absolute atomic E-state index is 10.7. The molecule has 0 bridgehead atoms. The van der Waals surface area contributed by atoms with Gasteiger partial charge in [0.05, 0.1) is 13.2 Å². The van der Waals surface area contributed by atoms with E-state index in [9.17, 15) is 9.59 Å². The molecule has 0 aromatic heterocycles. The first-order valence-corrected chi connectivity index (χ1v) is 6.10. The van der Waals surface area contributed by atoms with Crippen molar-refractivity contribution in [2.45, 2.75) is 27.7 Å². The Morgan fingerprint density at radius 3 is 1.28 bits per heavy atom. The first kappa shape index (κ1) is 16.5. The number of carbonyl (C=O) groups excluding carboxylic acids is 2. The van der Waals surface area contributed by atoms with Crippen LogP contribution in [-0.4, -0.2) is 25.4 Å². The van der Waals surface area contributed by atoms with Crippen LogP contribution >= 0.6 is 0 Å². The van der Waals surface area contributed by atoms with Gasteiger partial charge in [-0.2, -0.15) is 0 Å². The van der Waals surface area contributed by atoms with Crippen LogP contribution < -0.4 is 11.5 Å². The van der Waals surface area contributed by atoms with Gasteiger partial charge in [-0.15, -0.1) is 0 Å². The minimum atomic E-state index is -0.793. The fourth-order valence-corrected chi connectivity index (χ4v) is 1.98. The summed E-state index contributed by atoms with van der Waals surface area (Å²) in [5, 5.41) is 0. The van der Waals surface area contributed by atoms with Gasteiger partial charge in [-0.05, 0) is 11.8 Å². The average molecular weight is 260 g/mol. The van der Waals surface area contributed by atoms with Gasteiger partial charge in [0.25, 0.3) is 0 Å². The number of ether oxygens (including phenoxy) is 2. The second kappa shape index (κ2) is 7.79. The summed E-state index contributed by atoms with van der Waals surface area (Å²) in [7, 11) is 0. The largest absolute Gasteiger partial charge is 0.449 e. The van der Waals surface area contributed by atoms with Crippen molar-refractivity contribution in [2.75, 3.05) is 13.2 Å². The van der Waals surface area contributed by atoms with Gasteiger partial charge in [0, 0.05) is 11.8 Å². The lowest BCUT2D eigenvalue weighted by molar-refractivity contribution is 0.0425. The van der Waals surface area contributed by atoms with Crippen molar-refractivity contribution in [3.8, 4) is 0 Å². The molecule has 6 nitrogen and oxygen atoms in total. The molecule has 2 atom stereocenters. The van der Waals surface area contributed by atoms with E-state index in [1.165, 1.54) is 0 Å². The Morgan fingerprint density at radius 2 is 1.11 bits per heavy atom. The molecule has 0 radical (unpaired) electrons. The highest BCUT2D eigenvalue weighted by molar-refractivity contribution is 5.64. The normalized spacial score (nSPS) is 14.3. The number of rotatable bonds is 7. The third-order valence-electron chi connectivity index (χ3n) is 3.10. The third kappa shape index (κ3) is 6.32. The van der Waals surface area contributed by atoms with Gasteiger partial charge in [0.15, 0.2) is 0 Å². The van der Waals surface area contributed by atoms with Gasteiger partial charge < -0.3 is 20.9 Å². The van der Waals surface area contributed by atoms with Crippen molar-refractivity contribution in [2.24, 2.45) is 35.1 Å². The van der Waals surface area contributed by atoms with E-state index >= 15 is 0 Å². The van der Waals surface area contributed by atoms with E-state index in [4.69, 9.17) is 20.9 Å². The summed E-state index contributed by atoms with van der Waals surface area (Å²) in [4.78, 5) is 21.4. The zero-order valence-electron chi connectivity index (χ0n) is 11.5. The molecule has 0 heterocycles. The van der Waals surface area contributed by atoms with Crippen LogP contribution in [0.3, 0.4) is 0 Å². The zero-order chi connectivity index (χ0) is 14.3. The summed E-state index contributed by atoms with van der Waals surface area (Å²) < 4.78 is 9.74. The predicted molar refractivity (Wildman–Crippen MR) is 67.7 cm³/mol. The Kier molecular flexibility index (Phi) is 7.16. The Bertz CT molecular complexity index is 251. The lowest BCUT2D eigenvalue weighted by Crippen LogP contribution is -2.35. The van der Waals surface area contributed by atoms with Crippen LogP contribution in [0.1, 0.15) is 27.7 Å². The van der Waals surface area contributed by atoms with Crippen LogP contribution in [0.25, 0.3) is 0 Å². The molecule has 0 aliphatic carbocycles. The van der Waals surface area contributed by atoms with Crippen molar-refractivity contribution in [3.63, 3.8) is 0 Å². The molecule has 0 aromatic carbocycles. The van der Waals surface area contributed by atoms with Gasteiger partial charge in [-0.1, -0.05) is 27.7 Å². The maximum atomic E-state index is 10.7. The van der Waals surface area contributed by atoms with Crippen LogP contribution in [0.5, 0.6) is 0 Å². The number of nitrogens with two attached hydrogens (primary N) is 2. The summed E-state index contributed by atoms with van der Waals surface area (Å²) in [5.41, 5.74) is 9.95. The van der Waals surface area contributed by atoms with E-state index in [2.05, 4.69) is 0 Å². The number of primary amides is 2. The molecular formula is C12H24N2O4. The highest BCUT2D eigenvalue weighted by Gasteiger charge is 2.29. The molecule has 2 unspecified atom stereocenters. The van der Waals surface area contributed by atoms with E-state index in [1.54, 1.807) is 0 Å². The fourth-order valence-electron chi connectivity index (χ4n) is 1.98. The van der Waals surface area contributed by atoms with Crippen LogP contribution in [0, 0.1) is 23.7 Å². The molecule has 0 saturated carbocycles. The van der Waals surface area contributed by atoms with E-state index in [0.717, 1.165) is 0 Å². The molecular weight excluding hydrogens is 236 g/mol. The van der Waals surface area contributed by atoms with Crippen LogP contribution in [0.4, 0.5) is 9.59 Å². The van der Waals surface area contributed by atoms with Crippen LogP contribution in [0.2, 0.25) is 0 Å². The van der Waals surface area contributed by atoms with Gasteiger partial charge in [0.1, 0.15) is 0 Å². The van der Waals surface area contributed by atoms with Crippen molar-refractivity contribution in [1.82, 2.24) is 0 Å². The smallest absolute Gasteiger partial charge is 0.404 e. The molecule has 0 aromatic rings. The van der Waals surface area contributed by atoms with E-state index < -0.39 is 12.2 Å². The Labute approximate surface area is 108 Å². The first-order chi connectivity index (χ1) is 8.25. The number of hydrogen-bond acceptors (Lipinski definition) is 4. The maximum Gasteiger partial charge on any atom is 0.404 e. The lowest BCUT2D eigenvalue weighted by Gasteiger charge is -2.31. The van der Waals surface area contributed by atoms with Gasteiger partial charge >= 0.3 is 12.2 Å². The van der Waals surface area contributed by atoms with Crippen molar-refractivity contribution in [3.05, 3.63) is 0 Å². The summed E-state index contributed by atoms with van der Waals surface area (Å²) in [6.07, 6.45) is -1.59. The fraction of sp³-hybridized carbons (Fsp3) is 0.833. The topological polar surface area (TPSA) is 105 Å². The molecule has 0 saturated heterocycles. The van der Waals surface area contributed by atoms with Crippen LogP contribution in [0.15, 0.2) is 0 Å². The molecule has 106 valence electrons. The molecule has 4 N–H and O–H groups in total. The molecule has 0 aliphatic heterocycles. The summed E-state index contributed by atoms with van der Waals surface area (Å²) in [6, 6.07) is 0. The number of amides is 2. The van der Waals surface area contributed by atoms with E-state index in [-0.39, 0.29) is 36.9 Å². The average Bonchev–Trinajstić information content (AvgIpc) is 2.20. The van der Waals surface area contributed by atoms with Crippen molar-refractivity contribution in [1.29, 1.82) is 0 Å². The number of carbonyl (C=O) groups is 2. The van der Waals surface area contributed by atoms with Crippen molar-refractivity contribution < 1.29 is 19.1 Å². The van der Waals surface area contributed by atoms with Gasteiger partial charge in [-0.25, -0.2) is 9.59 Å². The second-order valence-corrected chi connectivity index (χ2v) is 5.08. The molecule has 0 aliphatic rings. The summed E-state index contributed by atoms with van der Waals surface area (Å²) in [6.45, 7) is 8.53. The van der Waals surface area contributed by atoms with E-state index in [1.807, 2.05) is 27.7 Å². The quantitative estimate of drug-likeness (QED) is 0.727. The lowest BCUT2D eigenvalue weighted by atomic mass is 9.78. The van der Waals surface area contributed by atoms with Gasteiger partial charge in [-0.3, -0.25) is 0 Å². The van der Waals surface area contributed by atoms with E-state index in [0.29, 0.717) is 0 Å². The molecule has 0 spiro atoms. The molecule has 2 amide bonds. The third-order valence-corrected chi connectivity index (χ3v) is 3.10. The highest BCUT2D eigenvalue weighted by atomic mass is 16.6. The van der Waals surface area contributed by atoms with Gasteiger partial charge in [0.2, 0.25) is 0 Å². The monoisotopic (exact) mass is 260 g/mol. The summed E-state index contributed by atoms with van der Waals surface area (Å²) >= 11 is 0. The molecule has 0 fully saturated rings. The highest BCUT2D eigenvalue weighted by Crippen LogP contribution is 2.28. The second-order valence-electron chi connectivity index (χ2n) is 5.08. The first-order valence-electron chi connectivity index (χ1n) is 6.10. The zero-order valence-corrected chi connectivity index (χ0v) is 11.5. The SMILES string of the molecule is CC(C)C(COC(N)=O)C(COC(N)=O)C(C)C. The Hall–Kier alpha value is -1.46. The van der Waals surface area contributed by atoms with Crippen LogP contribution in [-0.2, 0) is 9.47 Å². The molecule has 18 heavy (non-hydrogen) atoms.